The van der Waals surface area contributed by atoms with Crippen LogP contribution in [0.4, 0.5) is 0 Å². The Labute approximate surface area is 132 Å². The molecule has 2 aromatic rings. The van der Waals surface area contributed by atoms with Gasteiger partial charge in [-0.2, -0.15) is 0 Å². The molecule has 0 saturated heterocycles. The van der Waals surface area contributed by atoms with E-state index in [1.165, 1.54) is 0 Å². The second-order valence-electron chi connectivity index (χ2n) is 5.41. The first-order valence-electron chi connectivity index (χ1n) is 7.88. The normalized spacial score (nSPS) is 11.1. The standard InChI is InChI=1S/C18H24N2O2/c1-4-11-20(12-5-2)13-16(21)14-8-9-17(22-3)18-15(14)7-6-10-19-18/h6-10H,4-5,11-13H2,1-3H3. The number of hydrogen-bond acceptors (Lipinski definition) is 4. The Kier molecular flexibility index (Phi) is 5.90. The van der Waals surface area contributed by atoms with Crippen LogP contribution in [0.3, 0.4) is 0 Å². The predicted molar refractivity (Wildman–Crippen MR) is 89.6 cm³/mol. The summed E-state index contributed by atoms with van der Waals surface area (Å²) in [5, 5.41) is 0.861. The summed E-state index contributed by atoms with van der Waals surface area (Å²) in [6.07, 6.45) is 3.83. The third kappa shape index (κ3) is 3.63. The average Bonchev–Trinajstić information content (AvgIpc) is 2.54. The number of carbonyl (C=O) groups is 1. The van der Waals surface area contributed by atoms with Gasteiger partial charge in [0.2, 0.25) is 0 Å². The van der Waals surface area contributed by atoms with Crippen molar-refractivity contribution in [3.8, 4) is 5.75 Å². The highest BCUT2D eigenvalue weighted by Gasteiger charge is 2.16. The van der Waals surface area contributed by atoms with Crippen molar-refractivity contribution in [3.05, 3.63) is 36.0 Å². The number of pyridine rings is 1. The molecular weight excluding hydrogens is 276 g/mol. The highest BCUT2D eigenvalue weighted by atomic mass is 16.5. The van der Waals surface area contributed by atoms with E-state index >= 15 is 0 Å². The predicted octanol–water partition coefficient (Wildman–Crippen LogP) is 3.55. The topological polar surface area (TPSA) is 42.4 Å². The van der Waals surface area contributed by atoms with Gasteiger partial charge in [-0.3, -0.25) is 14.7 Å². The molecule has 1 aromatic heterocycles. The van der Waals surface area contributed by atoms with Crippen LogP contribution in [-0.4, -0.2) is 42.4 Å². The van der Waals surface area contributed by atoms with Crippen LogP contribution in [0, 0.1) is 0 Å². The number of fused-ring (bicyclic) bond motifs is 1. The second-order valence-corrected chi connectivity index (χ2v) is 5.41. The summed E-state index contributed by atoms with van der Waals surface area (Å²) < 4.78 is 5.34. The number of methoxy groups -OCH3 is 1. The van der Waals surface area contributed by atoms with E-state index in [0.29, 0.717) is 12.3 Å². The van der Waals surface area contributed by atoms with Gasteiger partial charge in [-0.15, -0.1) is 0 Å². The Morgan fingerprint density at radius 1 is 1.18 bits per heavy atom. The number of benzene rings is 1. The lowest BCUT2D eigenvalue weighted by Crippen LogP contribution is -2.31. The zero-order valence-electron chi connectivity index (χ0n) is 13.6. The van der Waals surface area contributed by atoms with Crippen LogP contribution in [0.1, 0.15) is 37.0 Å². The van der Waals surface area contributed by atoms with Crippen LogP contribution in [-0.2, 0) is 0 Å². The molecule has 0 N–H and O–H groups in total. The van der Waals surface area contributed by atoms with Gasteiger partial charge in [0.1, 0.15) is 11.3 Å². The third-order valence-electron chi connectivity index (χ3n) is 3.70. The van der Waals surface area contributed by atoms with Crippen molar-refractivity contribution in [1.82, 2.24) is 9.88 Å². The Morgan fingerprint density at radius 2 is 1.91 bits per heavy atom. The van der Waals surface area contributed by atoms with Gasteiger partial charge in [0.15, 0.2) is 5.78 Å². The second kappa shape index (κ2) is 7.90. The fraction of sp³-hybridized carbons (Fsp3) is 0.444. The lowest BCUT2D eigenvalue weighted by Gasteiger charge is -2.20. The molecule has 1 heterocycles. The van der Waals surface area contributed by atoms with Crippen molar-refractivity contribution in [2.45, 2.75) is 26.7 Å². The number of aromatic nitrogens is 1. The molecule has 0 radical (unpaired) electrons. The van der Waals surface area contributed by atoms with E-state index in [0.717, 1.165) is 42.4 Å². The minimum absolute atomic E-state index is 0.141. The van der Waals surface area contributed by atoms with E-state index in [4.69, 9.17) is 4.74 Å². The van der Waals surface area contributed by atoms with Gasteiger partial charge in [-0.25, -0.2) is 0 Å². The number of Topliss-reactive ketones (excluding diaryl/α,β-unsaturated/α-hetero) is 1. The molecule has 0 atom stereocenters. The van der Waals surface area contributed by atoms with Crippen LogP contribution >= 0.6 is 0 Å². The first-order chi connectivity index (χ1) is 10.7. The van der Waals surface area contributed by atoms with Crippen LogP contribution in [0.5, 0.6) is 5.75 Å². The number of hydrogen-bond donors (Lipinski definition) is 0. The lowest BCUT2D eigenvalue weighted by atomic mass is 10.0. The van der Waals surface area contributed by atoms with Crippen LogP contribution in [0.15, 0.2) is 30.5 Å². The Morgan fingerprint density at radius 3 is 2.55 bits per heavy atom. The van der Waals surface area contributed by atoms with Gasteiger partial charge >= 0.3 is 0 Å². The van der Waals surface area contributed by atoms with Crippen molar-refractivity contribution in [2.75, 3.05) is 26.7 Å². The van der Waals surface area contributed by atoms with E-state index in [1.807, 2.05) is 24.3 Å². The quantitative estimate of drug-likeness (QED) is 0.699. The molecule has 0 unspecified atom stereocenters. The minimum atomic E-state index is 0.141. The molecule has 1 aromatic carbocycles. The maximum absolute atomic E-state index is 12.7. The number of carbonyl (C=O) groups excluding carboxylic acids is 1. The molecule has 0 amide bonds. The summed E-state index contributed by atoms with van der Waals surface area (Å²) in [6, 6.07) is 7.46. The Balaban J connectivity index is 2.32. The van der Waals surface area contributed by atoms with Crippen molar-refractivity contribution >= 4 is 16.7 Å². The Hall–Kier alpha value is -1.94. The maximum Gasteiger partial charge on any atom is 0.177 e. The van der Waals surface area contributed by atoms with Gasteiger partial charge in [0, 0.05) is 17.1 Å². The number of ketones is 1. The van der Waals surface area contributed by atoms with Crippen molar-refractivity contribution in [1.29, 1.82) is 0 Å². The summed E-state index contributed by atoms with van der Waals surface area (Å²) in [6.45, 7) is 6.63. The van der Waals surface area contributed by atoms with E-state index in [9.17, 15) is 4.79 Å². The van der Waals surface area contributed by atoms with E-state index < -0.39 is 0 Å². The zero-order chi connectivity index (χ0) is 15.9. The van der Waals surface area contributed by atoms with Crippen LogP contribution < -0.4 is 4.74 Å². The summed E-state index contributed by atoms with van der Waals surface area (Å²) >= 11 is 0. The zero-order valence-corrected chi connectivity index (χ0v) is 13.6. The molecule has 0 spiro atoms. The molecular formula is C18H24N2O2. The minimum Gasteiger partial charge on any atom is -0.494 e. The van der Waals surface area contributed by atoms with Gasteiger partial charge < -0.3 is 4.74 Å². The van der Waals surface area contributed by atoms with Gasteiger partial charge in [0.05, 0.1) is 13.7 Å². The van der Waals surface area contributed by atoms with Crippen molar-refractivity contribution in [2.24, 2.45) is 0 Å². The lowest BCUT2D eigenvalue weighted by molar-refractivity contribution is 0.0932. The fourth-order valence-corrected chi connectivity index (χ4v) is 2.75. The van der Waals surface area contributed by atoms with E-state index in [-0.39, 0.29) is 5.78 Å². The highest BCUT2D eigenvalue weighted by molar-refractivity contribution is 6.09. The highest BCUT2D eigenvalue weighted by Crippen LogP contribution is 2.26. The number of nitrogens with zero attached hydrogens (tertiary/aromatic N) is 2. The molecule has 0 saturated carbocycles. The third-order valence-corrected chi connectivity index (χ3v) is 3.70. The molecule has 0 aliphatic carbocycles. The van der Waals surface area contributed by atoms with Gasteiger partial charge in [-0.05, 0) is 44.1 Å². The monoisotopic (exact) mass is 300 g/mol. The average molecular weight is 300 g/mol. The fourth-order valence-electron chi connectivity index (χ4n) is 2.75. The Bertz CT molecular complexity index is 634. The molecule has 22 heavy (non-hydrogen) atoms. The van der Waals surface area contributed by atoms with Crippen LogP contribution in [0.2, 0.25) is 0 Å². The summed E-state index contributed by atoms with van der Waals surface area (Å²) in [5.41, 5.74) is 1.47. The summed E-state index contributed by atoms with van der Waals surface area (Å²) in [4.78, 5) is 19.3. The smallest absolute Gasteiger partial charge is 0.177 e. The molecule has 0 fully saturated rings. The molecule has 0 bridgehead atoms. The first kappa shape index (κ1) is 16.4. The summed E-state index contributed by atoms with van der Waals surface area (Å²) in [7, 11) is 1.62. The largest absolute Gasteiger partial charge is 0.494 e. The summed E-state index contributed by atoms with van der Waals surface area (Å²) in [5.74, 6) is 0.841. The van der Waals surface area contributed by atoms with Crippen molar-refractivity contribution in [3.63, 3.8) is 0 Å². The molecule has 4 heteroatoms. The van der Waals surface area contributed by atoms with Gasteiger partial charge in [0.25, 0.3) is 0 Å². The molecule has 118 valence electrons. The maximum atomic E-state index is 12.7. The molecule has 2 rings (SSSR count). The number of ether oxygens (including phenoxy) is 1. The van der Waals surface area contributed by atoms with Gasteiger partial charge in [-0.1, -0.05) is 19.9 Å². The molecule has 0 aliphatic heterocycles. The SMILES string of the molecule is CCCN(CCC)CC(=O)c1ccc(OC)c2ncccc12. The molecule has 0 aliphatic rings. The molecule has 4 nitrogen and oxygen atoms in total. The van der Waals surface area contributed by atoms with Crippen molar-refractivity contribution < 1.29 is 9.53 Å². The first-order valence-corrected chi connectivity index (χ1v) is 7.88. The van der Waals surface area contributed by atoms with E-state index in [1.54, 1.807) is 13.3 Å². The number of rotatable bonds is 8. The van der Waals surface area contributed by atoms with E-state index in [2.05, 4.69) is 23.7 Å². The van der Waals surface area contributed by atoms with Crippen LogP contribution in [0.25, 0.3) is 10.9 Å².